The highest BCUT2D eigenvalue weighted by molar-refractivity contribution is 5.79. The van der Waals surface area contributed by atoms with E-state index in [4.69, 9.17) is 5.73 Å². The van der Waals surface area contributed by atoms with Gasteiger partial charge in [0.2, 0.25) is 5.91 Å². The smallest absolute Gasteiger partial charge is 0.227 e. The fourth-order valence-electron chi connectivity index (χ4n) is 2.27. The minimum atomic E-state index is -0.917. The van der Waals surface area contributed by atoms with Crippen LogP contribution >= 0.6 is 0 Å². The molecule has 1 aliphatic carbocycles. The molecule has 0 aromatic heterocycles. The molecule has 1 aromatic rings. The Kier molecular flexibility index (Phi) is 4.47. The summed E-state index contributed by atoms with van der Waals surface area (Å²) in [5.41, 5.74) is 6.01. The molecule has 1 aliphatic rings. The lowest BCUT2D eigenvalue weighted by Gasteiger charge is -2.37. The van der Waals surface area contributed by atoms with E-state index < -0.39 is 11.6 Å². The molecule has 1 amide bonds. The molecule has 3 nitrogen and oxygen atoms in total. The van der Waals surface area contributed by atoms with Gasteiger partial charge in [-0.1, -0.05) is 6.07 Å². The summed E-state index contributed by atoms with van der Waals surface area (Å²) in [6, 6.07) is 3.84. The maximum absolute atomic E-state index is 13.1. The molecule has 0 radical (unpaired) electrons. The molecular weight excluding hydrogens is 250 g/mol. The molecule has 2 rings (SSSR count). The van der Waals surface area contributed by atoms with E-state index in [2.05, 4.69) is 0 Å². The highest BCUT2D eigenvalue weighted by Crippen LogP contribution is 2.25. The first-order valence-corrected chi connectivity index (χ1v) is 6.55. The number of halogens is 2. The highest BCUT2D eigenvalue weighted by atomic mass is 19.2. The zero-order valence-electron chi connectivity index (χ0n) is 10.7. The van der Waals surface area contributed by atoms with Crippen molar-refractivity contribution in [1.29, 1.82) is 0 Å². The fourth-order valence-corrected chi connectivity index (χ4v) is 2.27. The number of amides is 1. The maximum Gasteiger partial charge on any atom is 0.227 e. The van der Waals surface area contributed by atoms with Crippen LogP contribution in [0.25, 0.3) is 0 Å². The van der Waals surface area contributed by atoms with Crippen LogP contribution in [0.5, 0.6) is 0 Å². The van der Waals surface area contributed by atoms with Crippen molar-refractivity contribution >= 4 is 5.91 Å². The third kappa shape index (κ3) is 3.29. The van der Waals surface area contributed by atoms with Crippen molar-refractivity contribution in [3.63, 3.8) is 0 Å². The molecule has 0 spiro atoms. The van der Waals surface area contributed by atoms with Crippen molar-refractivity contribution in [2.24, 2.45) is 5.73 Å². The van der Waals surface area contributed by atoms with Crippen molar-refractivity contribution in [3.05, 3.63) is 35.4 Å². The lowest BCUT2D eigenvalue weighted by molar-refractivity contribution is -0.134. The van der Waals surface area contributed by atoms with Crippen LogP contribution in [0.4, 0.5) is 8.78 Å². The third-order valence-corrected chi connectivity index (χ3v) is 3.55. The van der Waals surface area contributed by atoms with E-state index in [1.807, 2.05) is 0 Å². The summed E-state index contributed by atoms with van der Waals surface area (Å²) < 4.78 is 25.9. The second-order valence-corrected chi connectivity index (χ2v) is 4.89. The Hall–Kier alpha value is -1.49. The predicted molar refractivity (Wildman–Crippen MR) is 68.5 cm³/mol. The molecule has 0 unspecified atom stereocenters. The van der Waals surface area contributed by atoms with Crippen molar-refractivity contribution in [1.82, 2.24) is 4.90 Å². The first-order valence-electron chi connectivity index (χ1n) is 6.55. The number of carbonyl (C=O) groups excluding carboxylic acids is 1. The summed E-state index contributed by atoms with van der Waals surface area (Å²) >= 11 is 0. The Morgan fingerprint density at radius 3 is 2.58 bits per heavy atom. The SMILES string of the molecule is NCCN(C(=O)Cc1ccc(F)c(F)c1)C1CCC1. The molecule has 1 aromatic carbocycles. The topological polar surface area (TPSA) is 46.3 Å². The van der Waals surface area contributed by atoms with E-state index in [0.717, 1.165) is 31.4 Å². The second-order valence-electron chi connectivity index (χ2n) is 4.89. The number of rotatable bonds is 5. The maximum atomic E-state index is 13.1. The Morgan fingerprint density at radius 2 is 2.05 bits per heavy atom. The predicted octanol–water partition coefficient (Wildman–Crippen LogP) is 1.85. The van der Waals surface area contributed by atoms with Crippen LogP contribution in [0.3, 0.4) is 0 Å². The molecular formula is C14H18F2N2O. The molecule has 19 heavy (non-hydrogen) atoms. The number of nitrogens with two attached hydrogens (primary N) is 1. The van der Waals surface area contributed by atoms with Crippen molar-refractivity contribution < 1.29 is 13.6 Å². The summed E-state index contributed by atoms with van der Waals surface area (Å²) in [7, 11) is 0. The van der Waals surface area contributed by atoms with Crippen molar-refractivity contribution in [2.45, 2.75) is 31.7 Å². The van der Waals surface area contributed by atoms with Gasteiger partial charge in [0, 0.05) is 19.1 Å². The van der Waals surface area contributed by atoms with Gasteiger partial charge in [-0.3, -0.25) is 4.79 Å². The van der Waals surface area contributed by atoms with Gasteiger partial charge in [0.15, 0.2) is 11.6 Å². The van der Waals surface area contributed by atoms with Crippen molar-refractivity contribution in [2.75, 3.05) is 13.1 Å². The average molecular weight is 268 g/mol. The van der Waals surface area contributed by atoms with Gasteiger partial charge in [0.25, 0.3) is 0 Å². The standard InChI is InChI=1S/C14H18F2N2O/c15-12-5-4-10(8-13(12)16)9-14(19)18(7-6-17)11-2-1-3-11/h4-5,8,11H,1-3,6-7,9,17H2. The molecule has 0 heterocycles. The first-order chi connectivity index (χ1) is 9.11. The Morgan fingerprint density at radius 1 is 1.32 bits per heavy atom. The van der Waals surface area contributed by atoms with Crippen LogP contribution in [0.1, 0.15) is 24.8 Å². The zero-order chi connectivity index (χ0) is 13.8. The van der Waals surface area contributed by atoms with Gasteiger partial charge in [0.1, 0.15) is 0 Å². The number of nitrogens with zero attached hydrogens (tertiary/aromatic N) is 1. The lowest BCUT2D eigenvalue weighted by atomic mass is 9.91. The number of benzene rings is 1. The summed E-state index contributed by atoms with van der Waals surface area (Å²) in [5, 5.41) is 0. The van der Waals surface area contributed by atoms with E-state index in [0.29, 0.717) is 18.7 Å². The summed E-state index contributed by atoms with van der Waals surface area (Å²) in [6.07, 6.45) is 3.23. The van der Waals surface area contributed by atoms with Gasteiger partial charge >= 0.3 is 0 Å². The van der Waals surface area contributed by atoms with Gasteiger partial charge < -0.3 is 10.6 Å². The number of carbonyl (C=O) groups is 1. The normalized spacial score (nSPS) is 15.1. The molecule has 0 aliphatic heterocycles. The lowest BCUT2D eigenvalue weighted by Crippen LogP contribution is -2.47. The van der Waals surface area contributed by atoms with Gasteiger partial charge in [-0.2, -0.15) is 0 Å². The van der Waals surface area contributed by atoms with Gasteiger partial charge in [-0.05, 0) is 37.0 Å². The largest absolute Gasteiger partial charge is 0.338 e. The third-order valence-electron chi connectivity index (χ3n) is 3.55. The molecule has 0 bridgehead atoms. The fraction of sp³-hybridized carbons (Fsp3) is 0.500. The van der Waals surface area contributed by atoms with Gasteiger partial charge in [-0.25, -0.2) is 8.78 Å². The molecule has 0 saturated heterocycles. The van der Waals surface area contributed by atoms with E-state index in [1.54, 1.807) is 4.90 Å². The van der Waals surface area contributed by atoms with Crippen molar-refractivity contribution in [3.8, 4) is 0 Å². The molecule has 1 saturated carbocycles. The summed E-state index contributed by atoms with van der Waals surface area (Å²) in [5.74, 6) is -1.88. The number of hydrogen-bond acceptors (Lipinski definition) is 2. The molecule has 2 N–H and O–H groups in total. The average Bonchev–Trinajstić information content (AvgIpc) is 2.31. The Bertz CT molecular complexity index is 461. The Labute approximate surface area is 111 Å². The second kappa shape index (κ2) is 6.10. The quantitative estimate of drug-likeness (QED) is 0.885. The van der Waals surface area contributed by atoms with Crippen LogP contribution < -0.4 is 5.73 Å². The highest BCUT2D eigenvalue weighted by Gasteiger charge is 2.28. The van der Waals surface area contributed by atoms with E-state index >= 15 is 0 Å². The molecule has 104 valence electrons. The molecule has 5 heteroatoms. The van der Waals surface area contributed by atoms with Crippen LogP contribution in [-0.2, 0) is 11.2 Å². The van der Waals surface area contributed by atoms with Crippen LogP contribution in [0, 0.1) is 11.6 Å². The minimum absolute atomic E-state index is 0.0684. The van der Waals surface area contributed by atoms with Crippen LogP contribution in [-0.4, -0.2) is 29.9 Å². The first kappa shape index (κ1) is 13.9. The zero-order valence-corrected chi connectivity index (χ0v) is 10.7. The molecule has 1 fully saturated rings. The van der Waals surface area contributed by atoms with E-state index in [-0.39, 0.29) is 18.4 Å². The summed E-state index contributed by atoms with van der Waals surface area (Å²) in [6.45, 7) is 0.938. The monoisotopic (exact) mass is 268 g/mol. The number of hydrogen-bond donors (Lipinski definition) is 1. The van der Waals surface area contributed by atoms with Gasteiger partial charge in [0.05, 0.1) is 6.42 Å². The Balaban J connectivity index is 2.03. The van der Waals surface area contributed by atoms with Gasteiger partial charge in [-0.15, -0.1) is 0 Å². The van der Waals surface area contributed by atoms with Crippen LogP contribution in [0.2, 0.25) is 0 Å². The molecule has 0 atom stereocenters. The van der Waals surface area contributed by atoms with E-state index in [9.17, 15) is 13.6 Å². The minimum Gasteiger partial charge on any atom is -0.338 e. The van der Waals surface area contributed by atoms with E-state index in [1.165, 1.54) is 6.07 Å². The van der Waals surface area contributed by atoms with Crippen LogP contribution in [0.15, 0.2) is 18.2 Å². The summed E-state index contributed by atoms with van der Waals surface area (Å²) in [4.78, 5) is 14.0.